The molecular weight excluding hydrogens is 249 g/mol. The summed E-state index contributed by atoms with van der Waals surface area (Å²) in [5.41, 5.74) is 0.363. The highest BCUT2D eigenvalue weighted by atomic mass is 32.1. The third-order valence-corrected chi connectivity index (χ3v) is 3.64. The van der Waals surface area contributed by atoms with Crippen LogP contribution in [0, 0.1) is 0 Å². The molecule has 0 spiro atoms. The topological polar surface area (TPSA) is 9.23 Å². The quantitative estimate of drug-likeness (QED) is 0.807. The zero-order valence-corrected chi connectivity index (χ0v) is 9.99. The number of ether oxygens (including phenoxy) is 1. The van der Waals surface area contributed by atoms with Crippen LogP contribution in [0.4, 0.5) is 13.2 Å². The first-order valence-electron chi connectivity index (χ1n) is 5.09. The first-order valence-corrected chi connectivity index (χ1v) is 5.97. The van der Waals surface area contributed by atoms with Crippen molar-refractivity contribution in [3.8, 4) is 0 Å². The predicted octanol–water partition coefficient (Wildman–Crippen LogP) is 4.11. The molecule has 2 rings (SSSR count). The maximum atomic E-state index is 12.8. The first kappa shape index (κ1) is 12.4. The van der Waals surface area contributed by atoms with Crippen LogP contribution in [-0.4, -0.2) is 13.7 Å². The van der Waals surface area contributed by atoms with Crippen molar-refractivity contribution in [2.75, 3.05) is 13.7 Å². The lowest BCUT2D eigenvalue weighted by atomic mass is 10.1. The number of benzene rings is 1. The van der Waals surface area contributed by atoms with Crippen molar-refractivity contribution in [3.63, 3.8) is 0 Å². The molecule has 1 nitrogen and oxygen atoms in total. The summed E-state index contributed by atoms with van der Waals surface area (Å²) < 4.78 is 43.5. The number of hydrogen-bond donors (Lipinski definition) is 0. The van der Waals surface area contributed by atoms with Crippen molar-refractivity contribution in [2.24, 2.45) is 0 Å². The van der Waals surface area contributed by atoms with Gasteiger partial charge in [0, 0.05) is 11.8 Å². The minimum absolute atomic E-state index is 0.311. The molecule has 0 aliphatic heterocycles. The maximum Gasteiger partial charge on any atom is 0.417 e. The molecule has 0 saturated heterocycles. The van der Waals surface area contributed by atoms with Gasteiger partial charge < -0.3 is 4.74 Å². The van der Waals surface area contributed by atoms with Gasteiger partial charge >= 0.3 is 6.18 Å². The first-order chi connectivity index (χ1) is 8.04. The summed E-state index contributed by atoms with van der Waals surface area (Å²) >= 11 is 1.14. The summed E-state index contributed by atoms with van der Waals surface area (Å²) in [6, 6.07) is 4.30. The van der Waals surface area contributed by atoms with E-state index in [4.69, 9.17) is 4.74 Å². The van der Waals surface area contributed by atoms with Gasteiger partial charge in [-0.1, -0.05) is 12.1 Å². The van der Waals surface area contributed by atoms with E-state index in [1.54, 1.807) is 18.6 Å². The van der Waals surface area contributed by atoms with Crippen LogP contribution in [-0.2, 0) is 17.3 Å². The normalized spacial score (nSPS) is 12.2. The number of rotatable bonds is 3. The third-order valence-electron chi connectivity index (χ3n) is 2.56. The molecule has 0 amide bonds. The Hall–Kier alpha value is -1.07. The molecule has 0 unspecified atom stereocenters. The average Bonchev–Trinajstić information content (AvgIpc) is 2.67. The summed E-state index contributed by atoms with van der Waals surface area (Å²) in [5.74, 6) is 0. The van der Waals surface area contributed by atoms with E-state index in [2.05, 4.69) is 0 Å². The molecule has 0 bridgehead atoms. The fraction of sp³-hybridized carbons (Fsp3) is 0.333. The third kappa shape index (κ3) is 2.45. The number of hydrogen-bond acceptors (Lipinski definition) is 2. The van der Waals surface area contributed by atoms with Gasteiger partial charge in [0.1, 0.15) is 0 Å². The Bertz CT molecular complexity index is 516. The Balaban J connectivity index is 2.49. The molecule has 1 heterocycles. The Kier molecular flexibility index (Phi) is 3.40. The number of methoxy groups -OCH3 is 1. The molecule has 2 aromatic rings. The van der Waals surface area contributed by atoms with E-state index >= 15 is 0 Å². The summed E-state index contributed by atoms with van der Waals surface area (Å²) in [4.78, 5) is 0. The zero-order chi connectivity index (χ0) is 12.5. The lowest BCUT2D eigenvalue weighted by Crippen LogP contribution is -2.04. The molecule has 17 heavy (non-hydrogen) atoms. The second kappa shape index (κ2) is 4.66. The van der Waals surface area contributed by atoms with E-state index in [9.17, 15) is 13.2 Å². The molecule has 92 valence electrons. The van der Waals surface area contributed by atoms with Gasteiger partial charge in [-0.25, -0.2) is 0 Å². The minimum atomic E-state index is -4.29. The molecule has 1 aromatic carbocycles. The summed E-state index contributed by atoms with van der Waals surface area (Å²) in [7, 11) is 1.58. The second-order valence-corrected chi connectivity index (χ2v) is 4.56. The fourth-order valence-corrected chi connectivity index (χ4v) is 2.88. The van der Waals surface area contributed by atoms with Crippen LogP contribution in [0.15, 0.2) is 23.6 Å². The molecular formula is C12H11F3OS. The highest BCUT2D eigenvalue weighted by molar-refractivity contribution is 7.17. The maximum absolute atomic E-state index is 12.8. The van der Waals surface area contributed by atoms with Gasteiger partial charge in [-0.15, -0.1) is 11.3 Å². The summed E-state index contributed by atoms with van der Waals surface area (Å²) in [6.07, 6.45) is -3.65. The van der Waals surface area contributed by atoms with E-state index < -0.39 is 11.7 Å². The molecule has 0 aliphatic rings. The Morgan fingerprint density at radius 1 is 1.29 bits per heavy atom. The van der Waals surface area contributed by atoms with Crippen LogP contribution in [0.2, 0.25) is 0 Å². The van der Waals surface area contributed by atoms with Crippen LogP contribution in [0.1, 0.15) is 11.1 Å². The number of alkyl halides is 3. The van der Waals surface area contributed by atoms with Crippen molar-refractivity contribution in [3.05, 3.63) is 34.7 Å². The van der Waals surface area contributed by atoms with Crippen molar-refractivity contribution >= 4 is 21.4 Å². The van der Waals surface area contributed by atoms with Crippen molar-refractivity contribution in [2.45, 2.75) is 12.6 Å². The highest BCUT2D eigenvalue weighted by Gasteiger charge is 2.33. The number of halogens is 3. The Labute approximate surface area is 101 Å². The number of thiophene rings is 1. The monoisotopic (exact) mass is 260 g/mol. The Morgan fingerprint density at radius 3 is 2.71 bits per heavy atom. The molecule has 0 N–H and O–H groups in total. The van der Waals surface area contributed by atoms with Gasteiger partial charge in [0.05, 0.1) is 12.2 Å². The molecule has 0 atom stereocenters. The van der Waals surface area contributed by atoms with Crippen molar-refractivity contribution in [1.29, 1.82) is 0 Å². The second-order valence-electron chi connectivity index (χ2n) is 3.68. The van der Waals surface area contributed by atoms with Crippen LogP contribution in [0.5, 0.6) is 0 Å². The smallest absolute Gasteiger partial charge is 0.384 e. The van der Waals surface area contributed by atoms with E-state index in [-0.39, 0.29) is 0 Å². The molecule has 0 fully saturated rings. The van der Waals surface area contributed by atoms with Crippen molar-refractivity contribution < 1.29 is 17.9 Å². The summed E-state index contributed by atoms with van der Waals surface area (Å²) in [6.45, 7) is 0.516. The van der Waals surface area contributed by atoms with Gasteiger partial charge in [-0.05, 0) is 28.8 Å². The number of fused-ring (bicyclic) bond motifs is 1. The zero-order valence-electron chi connectivity index (χ0n) is 9.17. The van der Waals surface area contributed by atoms with E-state index in [1.165, 1.54) is 6.07 Å². The molecule has 0 saturated carbocycles. The standard InChI is InChI=1S/C12H11F3OS/c1-16-6-5-8-7-17-11-9(8)3-2-4-10(11)12(13,14)15/h2-4,7H,5-6H2,1H3. The van der Waals surface area contributed by atoms with E-state index in [0.717, 1.165) is 23.0 Å². The van der Waals surface area contributed by atoms with Gasteiger partial charge in [0.15, 0.2) is 0 Å². The molecule has 1 aromatic heterocycles. The highest BCUT2D eigenvalue weighted by Crippen LogP contribution is 2.38. The lowest BCUT2D eigenvalue weighted by Gasteiger charge is -2.07. The fourth-order valence-electron chi connectivity index (χ4n) is 1.74. The predicted molar refractivity (Wildman–Crippen MR) is 62.4 cm³/mol. The minimum Gasteiger partial charge on any atom is -0.384 e. The molecule has 0 aliphatic carbocycles. The molecule has 5 heteroatoms. The van der Waals surface area contributed by atoms with Gasteiger partial charge in [-0.2, -0.15) is 13.2 Å². The van der Waals surface area contributed by atoms with E-state index in [1.807, 2.05) is 0 Å². The van der Waals surface area contributed by atoms with Crippen molar-refractivity contribution in [1.82, 2.24) is 0 Å². The SMILES string of the molecule is COCCc1csc2c(C(F)(F)F)cccc12. The average molecular weight is 260 g/mol. The van der Waals surface area contributed by atoms with Gasteiger partial charge in [0.2, 0.25) is 0 Å². The van der Waals surface area contributed by atoms with Crippen LogP contribution in [0.25, 0.3) is 10.1 Å². The summed E-state index contributed by atoms with van der Waals surface area (Å²) in [5, 5.41) is 2.46. The van der Waals surface area contributed by atoms with Crippen LogP contribution in [0.3, 0.4) is 0 Å². The largest absolute Gasteiger partial charge is 0.417 e. The van der Waals surface area contributed by atoms with Gasteiger partial charge in [0.25, 0.3) is 0 Å². The van der Waals surface area contributed by atoms with Crippen LogP contribution < -0.4 is 0 Å². The van der Waals surface area contributed by atoms with E-state index in [0.29, 0.717) is 23.1 Å². The lowest BCUT2D eigenvalue weighted by molar-refractivity contribution is -0.136. The van der Waals surface area contributed by atoms with Crippen LogP contribution >= 0.6 is 11.3 Å². The Morgan fingerprint density at radius 2 is 2.06 bits per heavy atom. The van der Waals surface area contributed by atoms with Gasteiger partial charge in [-0.3, -0.25) is 0 Å². The molecule has 0 radical (unpaired) electrons.